The summed E-state index contributed by atoms with van der Waals surface area (Å²) in [7, 11) is -5.02. The Hall–Kier alpha value is -1.45. The zero-order valence-corrected chi connectivity index (χ0v) is 5.07. The van der Waals surface area contributed by atoms with Crippen molar-refractivity contribution in [1.82, 2.24) is 4.83 Å². The van der Waals surface area contributed by atoms with Crippen molar-refractivity contribution < 1.29 is 17.8 Å². The Morgan fingerprint density at radius 2 is 1.60 bits per heavy atom. The first kappa shape index (κ1) is 8.55. The van der Waals surface area contributed by atoms with Crippen molar-refractivity contribution in [2.45, 2.75) is 0 Å². The number of hydrazine groups is 1. The van der Waals surface area contributed by atoms with E-state index in [1.54, 1.807) is 0 Å². The number of nitrogens with one attached hydrogen (secondary N) is 1. The van der Waals surface area contributed by atoms with Gasteiger partial charge in [0.05, 0.1) is 0 Å². The third-order valence-corrected chi connectivity index (χ3v) is 1.16. The Bertz CT molecular complexity index is 248. The minimum atomic E-state index is -5.02. The van der Waals surface area contributed by atoms with E-state index in [1.807, 2.05) is 0 Å². The van der Waals surface area contributed by atoms with Crippen LogP contribution >= 0.6 is 0 Å². The lowest BCUT2D eigenvalue weighted by Crippen LogP contribution is -2.34. The van der Waals surface area contributed by atoms with Gasteiger partial charge in [0.1, 0.15) is 0 Å². The van der Waals surface area contributed by atoms with Crippen molar-refractivity contribution in [2.75, 3.05) is 0 Å². The molecule has 0 heterocycles. The van der Waals surface area contributed by atoms with Crippen LogP contribution in [0.5, 0.6) is 0 Å². The first-order valence-corrected chi connectivity index (χ1v) is 3.11. The molecule has 0 radical (unpaired) electrons. The van der Waals surface area contributed by atoms with Gasteiger partial charge in [0.2, 0.25) is 0 Å². The van der Waals surface area contributed by atoms with Crippen LogP contribution in [0.25, 0.3) is 0 Å². The molecule has 0 aliphatic rings. The summed E-state index contributed by atoms with van der Waals surface area (Å²) in [6.07, 6.45) is 0. The number of rotatable bonds is 3. The van der Waals surface area contributed by atoms with Gasteiger partial charge in [0.25, 0.3) is 0 Å². The number of hydrogen-bond donors (Lipinski definition) is 1. The zero-order chi connectivity index (χ0) is 8.36. The summed E-state index contributed by atoms with van der Waals surface area (Å²) < 4.78 is 18.0. The SMILES string of the molecule is O=[N+]([O-])NS(=O)(=O)[N+](=O)[O-]. The minimum Gasteiger partial charge on any atom is -0.245 e. The molecule has 0 amide bonds. The minimum absolute atomic E-state index is 0.514. The molecule has 0 aromatic heterocycles. The Kier molecular flexibility index (Phi) is 2.08. The second-order valence-corrected chi connectivity index (χ2v) is 2.48. The topological polar surface area (TPSA) is 132 Å². The second-order valence-electron chi connectivity index (χ2n) is 1.05. The predicted molar refractivity (Wildman–Crippen MR) is 26.0 cm³/mol. The van der Waals surface area contributed by atoms with E-state index in [-0.39, 0.29) is 0 Å². The van der Waals surface area contributed by atoms with Gasteiger partial charge >= 0.3 is 10.2 Å². The van der Waals surface area contributed by atoms with E-state index in [0.717, 1.165) is 0 Å². The molecule has 0 saturated heterocycles. The maximum atomic E-state index is 9.89. The fraction of sp³-hybridized carbons (Fsp3) is 0. The summed E-state index contributed by atoms with van der Waals surface area (Å²) in [5, 5.41) is 17.2. The molecular weight excluding hydrogens is 170 g/mol. The van der Waals surface area contributed by atoms with Crippen LogP contribution in [0.4, 0.5) is 0 Å². The maximum Gasteiger partial charge on any atom is 0.573 e. The lowest BCUT2D eigenvalue weighted by molar-refractivity contribution is -0.527. The van der Waals surface area contributed by atoms with Crippen LogP contribution in [0.1, 0.15) is 0 Å². The Balaban J connectivity index is 4.46. The van der Waals surface area contributed by atoms with E-state index >= 15 is 0 Å². The molecule has 0 aliphatic carbocycles. The molecule has 0 saturated carbocycles. The van der Waals surface area contributed by atoms with Crippen LogP contribution < -0.4 is 4.83 Å². The highest BCUT2D eigenvalue weighted by Gasteiger charge is 2.28. The smallest absolute Gasteiger partial charge is 0.245 e. The molecular formula is HN3O6S. The van der Waals surface area contributed by atoms with Crippen LogP contribution in [-0.4, -0.2) is 17.8 Å². The van der Waals surface area contributed by atoms with E-state index in [9.17, 15) is 28.6 Å². The summed E-state index contributed by atoms with van der Waals surface area (Å²) in [6.45, 7) is 0. The van der Waals surface area contributed by atoms with Crippen molar-refractivity contribution in [1.29, 1.82) is 0 Å². The molecule has 0 aromatic rings. The molecule has 0 aliphatic heterocycles. The van der Waals surface area contributed by atoms with Crippen molar-refractivity contribution in [3.63, 3.8) is 0 Å². The van der Waals surface area contributed by atoms with Gasteiger partial charge in [-0.1, -0.05) is 0 Å². The van der Waals surface area contributed by atoms with Crippen LogP contribution in [-0.2, 0) is 10.2 Å². The molecule has 0 atom stereocenters. The quantitative estimate of drug-likeness (QED) is 0.397. The number of nitrogens with zero attached hydrogens (tertiary/aromatic N) is 2. The van der Waals surface area contributed by atoms with Gasteiger partial charge in [-0.25, -0.2) is 20.2 Å². The number of hydrogen-bond acceptors (Lipinski definition) is 6. The highest BCUT2D eigenvalue weighted by molar-refractivity contribution is 7.83. The monoisotopic (exact) mass is 171 g/mol. The first-order valence-electron chi connectivity index (χ1n) is 1.67. The normalized spacial score (nSPS) is 10.4. The molecule has 1 N–H and O–H groups in total. The summed E-state index contributed by atoms with van der Waals surface area (Å²) in [4.78, 5) is 19.3. The van der Waals surface area contributed by atoms with E-state index < -0.39 is 19.6 Å². The Labute approximate surface area is 54.1 Å². The van der Waals surface area contributed by atoms with E-state index in [0.29, 0.717) is 4.83 Å². The Morgan fingerprint density at radius 1 is 1.20 bits per heavy atom. The third kappa shape index (κ3) is 2.21. The summed E-state index contributed by atoms with van der Waals surface area (Å²) in [6, 6.07) is 0. The molecule has 0 spiro atoms. The van der Waals surface area contributed by atoms with Crippen LogP contribution in [0, 0.1) is 20.2 Å². The Morgan fingerprint density at radius 3 is 1.70 bits per heavy atom. The molecule has 10 heteroatoms. The fourth-order valence-electron chi connectivity index (χ4n) is 0.128. The summed E-state index contributed by atoms with van der Waals surface area (Å²) in [5.74, 6) is 0. The molecule has 0 aromatic carbocycles. The number of nitro groups is 2. The molecule has 0 bridgehead atoms. The van der Waals surface area contributed by atoms with E-state index in [1.165, 1.54) is 0 Å². The van der Waals surface area contributed by atoms with Gasteiger partial charge in [-0.2, -0.15) is 0 Å². The van der Waals surface area contributed by atoms with Gasteiger partial charge in [0, 0.05) is 4.83 Å². The second kappa shape index (κ2) is 2.43. The molecule has 0 rings (SSSR count). The largest absolute Gasteiger partial charge is 0.573 e. The van der Waals surface area contributed by atoms with Gasteiger partial charge in [-0.15, -0.1) is 8.42 Å². The average Bonchev–Trinajstić information content (AvgIpc) is 1.60. The average molecular weight is 171 g/mol. The maximum absolute atomic E-state index is 9.89. The van der Waals surface area contributed by atoms with Gasteiger partial charge in [0.15, 0.2) is 9.36 Å². The summed E-state index contributed by atoms with van der Waals surface area (Å²) in [5.41, 5.74) is 0. The van der Waals surface area contributed by atoms with E-state index in [4.69, 9.17) is 0 Å². The van der Waals surface area contributed by atoms with Crippen LogP contribution in [0.15, 0.2) is 0 Å². The highest BCUT2D eigenvalue weighted by atomic mass is 32.2. The van der Waals surface area contributed by atoms with Crippen molar-refractivity contribution >= 4 is 10.2 Å². The molecule has 9 nitrogen and oxygen atoms in total. The molecule has 58 valence electrons. The van der Waals surface area contributed by atoms with Gasteiger partial charge in [-0.3, -0.25) is 0 Å². The zero-order valence-electron chi connectivity index (χ0n) is 4.25. The predicted octanol–water partition coefficient (Wildman–Crippen LogP) is -1.71. The van der Waals surface area contributed by atoms with Crippen LogP contribution in [0.2, 0.25) is 0 Å². The third-order valence-electron chi connectivity index (χ3n) is 0.386. The van der Waals surface area contributed by atoms with E-state index in [2.05, 4.69) is 0 Å². The molecule has 10 heavy (non-hydrogen) atoms. The van der Waals surface area contributed by atoms with Gasteiger partial charge in [-0.05, 0) is 0 Å². The molecule has 0 unspecified atom stereocenters. The summed E-state index contributed by atoms with van der Waals surface area (Å²) >= 11 is 0. The molecule has 0 fully saturated rings. The standard InChI is InChI=1S/HN3O6S/c4-2(5)1-10(8,9)3(6)7/h1H. The highest BCUT2D eigenvalue weighted by Crippen LogP contribution is 1.81. The lowest BCUT2D eigenvalue weighted by atomic mass is 12.7. The van der Waals surface area contributed by atoms with Gasteiger partial charge < -0.3 is 0 Å². The van der Waals surface area contributed by atoms with Crippen molar-refractivity contribution in [3.05, 3.63) is 20.2 Å². The fourth-order valence-corrected chi connectivity index (χ4v) is 0.383. The van der Waals surface area contributed by atoms with Crippen molar-refractivity contribution in [3.8, 4) is 0 Å². The first-order chi connectivity index (χ1) is 4.36. The lowest BCUT2D eigenvalue weighted by Gasteiger charge is -1.87. The van der Waals surface area contributed by atoms with Crippen molar-refractivity contribution in [2.24, 2.45) is 0 Å². The van der Waals surface area contributed by atoms with Crippen LogP contribution in [0.3, 0.4) is 0 Å².